The van der Waals surface area contributed by atoms with Gasteiger partial charge in [0.25, 0.3) is 6.29 Å². The second kappa shape index (κ2) is 7.32. The summed E-state index contributed by atoms with van der Waals surface area (Å²) in [7, 11) is 1.42. The smallest absolute Gasteiger partial charge is 0.320 e. The number of ether oxygens (including phenoxy) is 4. The minimum Gasteiger partial charge on any atom is -0.497 e. The van der Waals surface area contributed by atoms with Gasteiger partial charge in [-0.3, -0.25) is 10.0 Å². The van der Waals surface area contributed by atoms with Crippen molar-refractivity contribution in [2.45, 2.75) is 37.0 Å². The van der Waals surface area contributed by atoms with Crippen molar-refractivity contribution in [3.63, 3.8) is 0 Å². The highest BCUT2D eigenvalue weighted by Crippen LogP contribution is 2.37. The summed E-state index contributed by atoms with van der Waals surface area (Å²) in [4.78, 5) is 12.2. The maximum Gasteiger partial charge on any atom is 0.320 e. The van der Waals surface area contributed by atoms with Gasteiger partial charge in [-0.2, -0.15) is 5.06 Å². The van der Waals surface area contributed by atoms with Crippen LogP contribution in [-0.4, -0.2) is 82.3 Å². The number of benzene rings is 1. The lowest BCUT2D eigenvalue weighted by molar-refractivity contribution is -0.323. The van der Waals surface area contributed by atoms with Crippen molar-refractivity contribution in [1.82, 2.24) is 0 Å². The molecule has 1 fully saturated rings. The van der Waals surface area contributed by atoms with Crippen LogP contribution in [0.1, 0.15) is 0 Å². The molecule has 0 spiro atoms. The van der Waals surface area contributed by atoms with E-state index in [4.69, 9.17) is 18.9 Å². The number of aliphatic hydroxyl groups is 4. The first-order valence-corrected chi connectivity index (χ1v) is 7.71. The molecule has 1 unspecified atom stereocenters. The Labute approximate surface area is 147 Å². The number of hydrogen-bond acceptors (Lipinski definition) is 10. The largest absolute Gasteiger partial charge is 0.497 e. The van der Waals surface area contributed by atoms with Crippen LogP contribution in [-0.2, 0) is 14.3 Å². The van der Waals surface area contributed by atoms with Crippen molar-refractivity contribution in [3.8, 4) is 11.5 Å². The summed E-state index contributed by atoms with van der Waals surface area (Å²) in [5.41, 5.74) is 0.0597. The Bertz CT molecular complexity index is 668. The van der Waals surface area contributed by atoms with E-state index in [9.17, 15) is 30.4 Å². The van der Waals surface area contributed by atoms with Gasteiger partial charge in [-0.1, -0.05) is 0 Å². The number of carbonyl (C=O) groups is 1. The first-order chi connectivity index (χ1) is 12.4. The minimum atomic E-state index is -1.72. The number of carbonyl (C=O) groups excluding carboxylic acids is 1. The van der Waals surface area contributed by atoms with Crippen molar-refractivity contribution in [3.05, 3.63) is 18.2 Å². The lowest BCUT2D eigenvalue weighted by Crippen LogP contribution is -2.61. The zero-order chi connectivity index (χ0) is 19.0. The molecule has 1 aromatic rings. The first kappa shape index (κ1) is 18.8. The van der Waals surface area contributed by atoms with Gasteiger partial charge in [-0.05, 0) is 12.1 Å². The van der Waals surface area contributed by atoms with Crippen LogP contribution in [0.5, 0.6) is 11.5 Å². The summed E-state index contributed by atoms with van der Waals surface area (Å²) in [6.07, 6.45) is -9.49. The third kappa shape index (κ3) is 3.21. The van der Waals surface area contributed by atoms with E-state index in [0.29, 0.717) is 10.8 Å². The van der Waals surface area contributed by atoms with Crippen molar-refractivity contribution in [2.24, 2.45) is 0 Å². The third-order valence-corrected chi connectivity index (χ3v) is 4.15. The van der Waals surface area contributed by atoms with Gasteiger partial charge in [0, 0.05) is 6.07 Å². The molecule has 0 aromatic heterocycles. The molecule has 2 aliphatic rings. The molecule has 2 aliphatic heterocycles. The van der Waals surface area contributed by atoms with Crippen LogP contribution in [0.4, 0.5) is 5.69 Å². The molecule has 6 atom stereocenters. The van der Waals surface area contributed by atoms with Crippen molar-refractivity contribution in [2.75, 3.05) is 18.8 Å². The molecular formula is C15H19NO10. The second-order valence-electron chi connectivity index (χ2n) is 5.77. The number of rotatable bonds is 4. The molecule has 1 amide bonds. The zero-order valence-corrected chi connectivity index (χ0v) is 13.6. The minimum absolute atomic E-state index is 0.0597. The van der Waals surface area contributed by atoms with Gasteiger partial charge in [-0.15, -0.1) is 0 Å². The fourth-order valence-corrected chi connectivity index (χ4v) is 2.66. The quantitative estimate of drug-likeness (QED) is 0.372. The predicted molar refractivity (Wildman–Crippen MR) is 81.5 cm³/mol. The highest BCUT2D eigenvalue weighted by Gasteiger charge is 2.47. The molecule has 1 saturated heterocycles. The van der Waals surface area contributed by atoms with E-state index in [0.717, 1.165) is 0 Å². The van der Waals surface area contributed by atoms with Gasteiger partial charge in [0.05, 0.1) is 13.7 Å². The summed E-state index contributed by atoms with van der Waals surface area (Å²) in [5.74, 6) is -0.529. The van der Waals surface area contributed by atoms with E-state index in [1.54, 1.807) is 0 Å². The molecule has 26 heavy (non-hydrogen) atoms. The molecule has 0 saturated carbocycles. The molecule has 1 aromatic carbocycles. The lowest BCUT2D eigenvalue weighted by atomic mass is 9.99. The van der Waals surface area contributed by atoms with E-state index in [2.05, 4.69) is 0 Å². The molecule has 2 heterocycles. The molecule has 3 rings (SSSR count). The molecule has 144 valence electrons. The van der Waals surface area contributed by atoms with Gasteiger partial charge in [0.2, 0.25) is 0 Å². The van der Waals surface area contributed by atoms with Crippen LogP contribution < -0.4 is 14.5 Å². The van der Waals surface area contributed by atoms with E-state index in [1.165, 1.54) is 25.3 Å². The maximum atomic E-state index is 12.2. The summed E-state index contributed by atoms with van der Waals surface area (Å²) in [5, 5.41) is 49.0. The number of anilines is 1. The average Bonchev–Trinajstić information content (AvgIpc) is 2.65. The number of hydrogen-bond donors (Lipinski definition) is 5. The van der Waals surface area contributed by atoms with Crippen molar-refractivity contribution >= 4 is 11.6 Å². The van der Waals surface area contributed by atoms with Crippen LogP contribution in [0.25, 0.3) is 0 Å². The summed E-state index contributed by atoms with van der Waals surface area (Å²) in [6, 6.07) is 4.32. The SMILES string of the molecule is COc1ccc2c(c1)OC(O[C@@H]1O[C@H](CO)[C@@H](O)[C@H](O)[C@H]1O)C(=O)N2O. The Balaban J connectivity index is 1.80. The molecule has 11 nitrogen and oxygen atoms in total. The van der Waals surface area contributed by atoms with Crippen LogP contribution in [0, 0.1) is 0 Å². The van der Waals surface area contributed by atoms with Gasteiger partial charge < -0.3 is 39.4 Å². The molecule has 0 aliphatic carbocycles. The second-order valence-corrected chi connectivity index (χ2v) is 5.77. The van der Waals surface area contributed by atoms with Gasteiger partial charge in [0.15, 0.2) is 12.0 Å². The van der Waals surface area contributed by atoms with Gasteiger partial charge in [-0.25, -0.2) is 0 Å². The van der Waals surface area contributed by atoms with Crippen molar-refractivity contribution in [1.29, 1.82) is 0 Å². The number of nitrogens with zero attached hydrogens (tertiary/aromatic N) is 1. The third-order valence-electron chi connectivity index (χ3n) is 4.15. The molecule has 5 N–H and O–H groups in total. The predicted octanol–water partition coefficient (Wildman–Crippen LogP) is -2.05. The number of aliphatic hydroxyl groups excluding tert-OH is 4. The van der Waals surface area contributed by atoms with E-state index < -0.39 is 49.5 Å². The average molecular weight is 373 g/mol. The molecular weight excluding hydrogens is 354 g/mol. The van der Waals surface area contributed by atoms with Crippen LogP contribution in [0.15, 0.2) is 18.2 Å². The van der Waals surface area contributed by atoms with Gasteiger partial charge >= 0.3 is 5.91 Å². The Morgan fingerprint density at radius 3 is 2.58 bits per heavy atom. The van der Waals surface area contributed by atoms with Crippen LogP contribution in [0.3, 0.4) is 0 Å². The number of hydroxylamine groups is 1. The lowest BCUT2D eigenvalue weighted by Gasteiger charge is -2.41. The van der Waals surface area contributed by atoms with Crippen LogP contribution in [0.2, 0.25) is 0 Å². The number of methoxy groups -OCH3 is 1. The highest BCUT2D eigenvalue weighted by molar-refractivity contribution is 5.97. The number of fused-ring (bicyclic) bond motifs is 1. The topological polar surface area (TPSA) is 158 Å². The Morgan fingerprint density at radius 1 is 1.19 bits per heavy atom. The standard InChI is InChI=1S/C15H19NO10/c1-23-6-2-3-7-8(4-6)24-15(13(21)16(7)22)26-14-12(20)11(19)10(18)9(5-17)25-14/h2-4,9-12,14-15,17-20,22H,5H2,1H3/t9-,10-,11+,12-,14+,15?/m1/s1. The molecule has 0 radical (unpaired) electrons. The van der Waals surface area contributed by atoms with E-state index >= 15 is 0 Å². The fourth-order valence-electron chi connectivity index (χ4n) is 2.66. The molecule has 0 bridgehead atoms. The fraction of sp³-hybridized carbons (Fsp3) is 0.533. The monoisotopic (exact) mass is 373 g/mol. The summed E-state index contributed by atoms with van der Waals surface area (Å²) >= 11 is 0. The normalized spacial score (nSPS) is 34.2. The van der Waals surface area contributed by atoms with Crippen molar-refractivity contribution < 1.29 is 49.4 Å². The number of amides is 1. The Kier molecular flexibility index (Phi) is 5.29. The van der Waals surface area contributed by atoms with Crippen LogP contribution >= 0.6 is 0 Å². The Hall–Kier alpha value is -1.99. The molecule has 11 heteroatoms. The van der Waals surface area contributed by atoms with E-state index in [1.807, 2.05) is 0 Å². The summed E-state index contributed by atoms with van der Waals surface area (Å²) < 4.78 is 20.8. The van der Waals surface area contributed by atoms with Gasteiger partial charge in [0.1, 0.15) is 35.9 Å². The highest BCUT2D eigenvalue weighted by atomic mass is 16.8. The Morgan fingerprint density at radius 2 is 1.92 bits per heavy atom. The summed E-state index contributed by atoms with van der Waals surface area (Å²) in [6.45, 7) is -0.656. The van der Waals surface area contributed by atoms with E-state index in [-0.39, 0.29) is 11.4 Å². The maximum absolute atomic E-state index is 12.2. The zero-order valence-electron chi connectivity index (χ0n) is 13.6. The first-order valence-electron chi connectivity index (χ1n) is 7.71.